The Bertz CT molecular complexity index is 327. The van der Waals surface area contributed by atoms with Gasteiger partial charge in [-0.1, -0.05) is 17.7 Å². The van der Waals surface area contributed by atoms with Crippen LogP contribution in [0.3, 0.4) is 0 Å². The third-order valence-electron chi connectivity index (χ3n) is 2.17. The summed E-state index contributed by atoms with van der Waals surface area (Å²) in [6.07, 6.45) is -0.527. The van der Waals surface area contributed by atoms with Crippen molar-refractivity contribution in [1.82, 2.24) is 0 Å². The Morgan fingerprint density at radius 1 is 1.29 bits per heavy atom. The molecule has 0 aromatic heterocycles. The second kappa shape index (κ2) is 4.28. The maximum Gasteiger partial charge on any atom is 0.181 e. The third-order valence-corrected chi connectivity index (χ3v) is 2.40. The van der Waals surface area contributed by atoms with Gasteiger partial charge in [0.25, 0.3) is 0 Å². The van der Waals surface area contributed by atoms with Gasteiger partial charge in [-0.15, -0.1) is 0 Å². The van der Waals surface area contributed by atoms with Gasteiger partial charge in [0.05, 0.1) is 19.8 Å². The van der Waals surface area contributed by atoms with Crippen LogP contribution < -0.4 is 0 Å². The molecule has 1 atom stereocenters. The molecule has 1 N–H and O–H groups in total. The second-order valence-corrected chi connectivity index (χ2v) is 3.58. The fourth-order valence-corrected chi connectivity index (χ4v) is 1.58. The van der Waals surface area contributed by atoms with Crippen molar-refractivity contribution in [3.05, 3.63) is 34.3 Å². The zero-order valence-corrected chi connectivity index (χ0v) is 8.33. The van der Waals surface area contributed by atoms with Gasteiger partial charge in [-0.25, -0.2) is 0 Å². The average Bonchev–Trinajstić information content (AvgIpc) is 2.39. The van der Waals surface area contributed by atoms with E-state index in [-0.39, 0.29) is 6.61 Å². The number of fused-ring (bicyclic) bond motifs is 1. The number of hydrogen-bond donors (Lipinski definition) is 1. The molecule has 0 saturated carbocycles. The van der Waals surface area contributed by atoms with Crippen molar-refractivity contribution >= 4 is 11.6 Å². The van der Waals surface area contributed by atoms with Crippen LogP contribution in [0.25, 0.3) is 0 Å². The first-order valence-corrected chi connectivity index (χ1v) is 4.79. The van der Waals surface area contributed by atoms with Crippen LogP contribution in [0, 0.1) is 0 Å². The summed E-state index contributed by atoms with van der Waals surface area (Å²) in [6.45, 7) is 0.764. The van der Waals surface area contributed by atoms with Crippen LogP contribution in [0.1, 0.15) is 11.1 Å². The van der Waals surface area contributed by atoms with Crippen molar-refractivity contribution in [2.45, 2.75) is 19.5 Å². The lowest BCUT2D eigenvalue weighted by Crippen LogP contribution is -2.18. The van der Waals surface area contributed by atoms with Gasteiger partial charge in [0, 0.05) is 5.02 Å². The summed E-state index contributed by atoms with van der Waals surface area (Å²) in [5, 5.41) is 9.56. The first-order valence-electron chi connectivity index (χ1n) is 4.41. The van der Waals surface area contributed by atoms with Crippen LogP contribution in [-0.4, -0.2) is 18.0 Å². The van der Waals surface area contributed by atoms with Gasteiger partial charge in [-0.2, -0.15) is 0 Å². The van der Waals surface area contributed by atoms with E-state index >= 15 is 0 Å². The van der Waals surface area contributed by atoms with Gasteiger partial charge >= 0.3 is 0 Å². The molecule has 1 aliphatic heterocycles. The molecule has 0 fully saturated rings. The van der Waals surface area contributed by atoms with E-state index in [1.54, 1.807) is 0 Å². The van der Waals surface area contributed by atoms with Gasteiger partial charge < -0.3 is 14.6 Å². The number of ether oxygens (including phenoxy) is 2. The minimum Gasteiger partial charge on any atom is -0.391 e. The summed E-state index contributed by atoms with van der Waals surface area (Å²) in [5.74, 6) is 0. The second-order valence-electron chi connectivity index (χ2n) is 3.15. The van der Waals surface area contributed by atoms with Crippen LogP contribution in [0.4, 0.5) is 0 Å². The normalized spacial score (nSPS) is 21.4. The van der Waals surface area contributed by atoms with Crippen LogP contribution in [0.15, 0.2) is 18.2 Å². The fraction of sp³-hybridized carbons (Fsp3) is 0.400. The monoisotopic (exact) mass is 214 g/mol. The number of hydrogen-bond acceptors (Lipinski definition) is 3. The summed E-state index contributed by atoms with van der Waals surface area (Å²) >= 11 is 5.85. The van der Waals surface area contributed by atoms with E-state index in [0.29, 0.717) is 18.2 Å². The highest BCUT2D eigenvalue weighted by Crippen LogP contribution is 2.21. The first-order chi connectivity index (χ1) is 6.79. The summed E-state index contributed by atoms with van der Waals surface area (Å²) in [5.41, 5.74) is 2.08. The quantitative estimate of drug-likeness (QED) is 0.774. The van der Waals surface area contributed by atoms with Crippen molar-refractivity contribution in [1.29, 1.82) is 0 Å². The molecule has 0 bridgehead atoms. The molecular formula is C10H11ClO3. The van der Waals surface area contributed by atoms with Crippen LogP contribution in [0.5, 0.6) is 0 Å². The number of halogens is 1. The molecular weight excluding hydrogens is 204 g/mol. The zero-order chi connectivity index (χ0) is 9.97. The van der Waals surface area contributed by atoms with Crippen LogP contribution in [0.2, 0.25) is 5.02 Å². The van der Waals surface area contributed by atoms with Crippen molar-refractivity contribution < 1.29 is 14.6 Å². The van der Waals surface area contributed by atoms with Crippen molar-refractivity contribution in [3.8, 4) is 0 Å². The highest BCUT2D eigenvalue weighted by atomic mass is 35.5. The van der Waals surface area contributed by atoms with E-state index in [4.69, 9.17) is 26.2 Å². The predicted molar refractivity (Wildman–Crippen MR) is 51.9 cm³/mol. The van der Waals surface area contributed by atoms with Crippen molar-refractivity contribution in [3.63, 3.8) is 0 Å². The predicted octanol–water partition coefficient (Wildman–Crippen LogP) is 1.71. The summed E-state index contributed by atoms with van der Waals surface area (Å²) < 4.78 is 10.6. The van der Waals surface area contributed by atoms with E-state index < -0.39 is 6.29 Å². The number of aliphatic hydroxyl groups excluding tert-OH is 1. The zero-order valence-electron chi connectivity index (χ0n) is 7.57. The van der Waals surface area contributed by atoms with E-state index in [1.807, 2.05) is 18.2 Å². The Kier molecular flexibility index (Phi) is 3.03. The first kappa shape index (κ1) is 9.93. The average molecular weight is 215 g/mol. The van der Waals surface area contributed by atoms with Crippen LogP contribution in [-0.2, 0) is 22.7 Å². The molecule has 76 valence electrons. The van der Waals surface area contributed by atoms with Crippen molar-refractivity contribution in [2.24, 2.45) is 0 Å². The SMILES string of the molecule is OCC1OCc2ccc(Cl)cc2CO1. The van der Waals surface area contributed by atoms with Gasteiger partial charge in [0.2, 0.25) is 0 Å². The standard InChI is InChI=1S/C10H11ClO3/c11-9-2-1-7-5-13-10(4-12)14-6-8(7)3-9/h1-3,10,12H,4-6H2. The molecule has 1 heterocycles. The maximum atomic E-state index is 8.87. The Morgan fingerprint density at radius 3 is 2.71 bits per heavy atom. The topological polar surface area (TPSA) is 38.7 Å². The van der Waals surface area contributed by atoms with Crippen molar-refractivity contribution in [2.75, 3.05) is 6.61 Å². The van der Waals surface area contributed by atoms with Gasteiger partial charge in [0.1, 0.15) is 0 Å². The molecule has 3 nitrogen and oxygen atoms in total. The minimum absolute atomic E-state index is 0.123. The Balaban J connectivity index is 2.21. The van der Waals surface area contributed by atoms with E-state index in [1.165, 1.54) is 0 Å². The number of aliphatic hydroxyl groups is 1. The fourth-order valence-electron chi connectivity index (χ4n) is 1.39. The molecule has 0 radical (unpaired) electrons. The minimum atomic E-state index is -0.527. The van der Waals surface area contributed by atoms with E-state index in [9.17, 15) is 0 Å². The van der Waals surface area contributed by atoms with E-state index in [2.05, 4.69) is 0 Å². The largest absolute Gasteiger partial charge is 0.391 e. The molecule has 0 amide bonds. The smallest absolute Gasteiger partial charge is 0.181 e. The molecule has 1 aromatic rings. The number of benzene rings is 1. The molecule has 1 aromatic carbocycles. The summed E-state index contributed by atoms with van der Waals surface area (Å²) in [4.78, 5) is 0. The third kappa shape index (κ3) is 2.07. The molecule has 1 unspecified atom stereocenters. The lowest BCUT2D eigenvalue weighted by Gasteiger charge is -2.10. The van der Waals surface area contributed by atoms with Gasteiger partial charge in [-0.05, 0) is 23.3 Å². The highest BCUT2D eigenvalue weighted by molar-refractivity contribution is 6.30. The molecule has 0 aliphatic carbocycles. The molecule has 1 aliphatic rings. The van der Waals surface area contributed by atoms with Gasteiger partial charge in [-0.3, -0.25) is 0 Å². The maximum absolute atomic E-state index is 8.87. The summed E-state index contributed by atoms with van der Waals surface area (Å²) in [6, 6.07) is 5.60. The molecule has 4 heteroatoms. The lowest BCUT2D eigenvalue weighted by atomic mass is 10.1. The van der Waals surface area contributed by atoms with Gasteiger partial charge in [0.15, 0.2) is 6.29 Å². The summed E-state index contributed by atoms with van der Waals surface area (Å²) in [7, 11) is 0. The highest BCUT2D eigenvalue weighted by Gasteiger charge is 2.15. The molecule has 0 spiro atoms. The molecule has 2 rings (SSSR count). The van der Waals surface area contributed by atoms with E-state index in [0.717, 1.165) is 11.1 Å². The Morgan fingerprint density at radius 2 is 2.00 bits per heavy atom. The molecule has 0 saturated heterocycles. The molecule has 14 heavy (non-hydrogen) atoms. The number of rotatable bonds is 1. The lowest BCUT2D eigenvalue weighted by molar-refractivity contribution is -0.168. The van der Waals surface area contributed by atoms with Crippen LogP contribution >= 0.6 is 11.6 Å². The Hall–Kier alpha value is -0.610. The Labute approximate surface area is 87.2 Å².